The SMILES string of the molecule is [B]C(C=C(C)C)(OC(C)C)c1ccc2c(c1)-c1ccccc1-c1ccccc1N2C. The molecule has 150 valence electrons. The Kier molecular flexibility index (Phi) is 5.34. The summed E-state index contributed by atoms with van der Waals surface area (Å²) < 4.78 is 6.22. The molecule has 0 spiro atoms. The first-order valence-electron chi connectivity index (χ1n) is 10.5. The fourth-order valence-electron chi connectivity index (χ4n) is 4.37. The molecule has 30 heavy (non-hydrogen) atoms. The smallest absolute Gasteiger partial charge is 0.126 e. The predicted octanol–water partition coefficient (Wildman–Crippen LogP) is 6.81. The van der Waals surface area contributed by atoms with Gasteiger partial charge in [0.15, 0.2) is 0 Å². The van der Waals surface area contributed by atoms with Gasteiger partial charge < -0.3 is 9.64 Å². The van der Waals surface area contributed by atoms with Gasteiger partial charge in [0.2, 0.25) is 0 Å². The third kappa shape index (κ3) is 3.59. The quantitative estimate of drug-likeness (QED) is 0.356. The van der Waals surface area contributed by atoms with E-state index in [9.17, 15) is 0 Å². The van der Waals surface area contributed by atoms with E-state index >= 15 is 0 Å². The first-order valence-corrected chi connectivity index (χ1v) is 10.5. The van der Waals surface area contributed by atoms with E-state index in [1.54, 1.807) is 0 Å². The predicted molar refractivity (Wildman–Crippen MR) is 128 cm³/mol. The fraction of sp³-hybridized carbons (Fsp3) is 0.259. The van der Waals surface area contributed by atoms with E-state index in [0.29, 0.717) is 0 Å². The number of ether oxygens (including phenoxy) is 1. The molecule has 0 saturated heterocycles. The molecule has 0 aromatic heterocycles. The van der Waals surface area contributed by atoms with Gasteiger partial charge >= 0.3 is 0 Å². The molecule has 0 aliphatic carbocycles. The highest BCUT2D eigenvalue weighted by Gasteiger charge is 2.29. The second-order valence-electron chi connectivity index (χ2n) is 8.54. The molecule has 1 unspecified atom stereocenters. The van der Waals surface area contributed by atoms with Crippen LogP contribution in [-0.4, -0.2) is 21.0 Å². The van der Waals surface area contributed by atoms with Gasteiger partial charge in [-0.25, -0.2) is 0 Å². The Morgan fingerprint density at radius 3 is 2.07 bits per heavy atom. The third-order valence-corrected chi connectivity index (χ3v) is 5.52. The molecule has 0 fully saturated rings. The van der Waals surface area contributed by atoms with Crippen LogP contribution in [0.5, 0.6) is 0 Å². The van der Waals surface area contributed by atoms with E-state index < -0.39 is 5.50 Å². The molecule has 1 heterocycles. The van der Waals surface area contributed by atoms with Crippen LogP contribution < -0.4 is 4.90 Å². The minimum Gasteiger partial charge on any atom is -0.374 e. The number of para-hydroxylation sites is 1. The van der Waals surface area contributed by atoms with E-state index in [1.807, 2.05) is 19.9 Å². The van der Waals surface area contributed by atoms with E-state index in [-0.39, 0.29) is 6.10 Å². The Morgan fingerprint density at radius 2 is 1.43 bits per heavy atom. The largest absolute Gasteiger partial charge is 0.374 e. The number of hydrogen-bond acceptors (Lipinski definition) is 2. The molecule has 4 rings (SSSR count). The molecule has 1 aliphatic rings. The van der Waals surface area contributed by atoms with E-state index in [1.165, 1.54) is 22.4 Å². The molecule has 0 saturated carbocycles. The molecule has 1 aliphatic heterocycles. The van der Waals surface area contributed by atoms with Gasteiger partial charge in [-0.3, -0.25) is 0 Å². The summed E-state index contributed by atoms with van der Waals surface area (Å²) >= 11 is 0. The molecular formula is C27H28BNO. The molecule has 3 aromatic carbocycles. The number of benzene rings is 3. The standard InChI is InChI=1S/C27H28BNO/c1-18(2)17-27(28,30-19(3)4)20-14-15-26-24(16-20)22-11-7-6-10-21(22)23-12-8-9-13-25(23)29(26)5/h6-17,19H,1-5H3. The topological polar surface area (TPSA) is 12.5 Å². The number of hydrogen-bond donors (Lipinski definition) is 0. The van der Waals surface area contributed by atoms with Gasteiger partial charge in [-0.1, -0.05) is 60.2 Å². The van der Waals surface area contributed by atoms with Crippen LogP contribution in [0.15, 0.2) is 78.4 Å². The summed E-state index contributed by atoms with van der Waals surface area (Å²) in [4.78, 5) is 2.26. The molecule has 0 N–H and O–H groups in total. The molecule has 2 nitrogen and oxygen atoms in total. The van der Waals surface area contributed by atoms with E-state index in [2.05, 4.69) is 92.5 Å². The van der Waals surface area contributed by atoms with Crippen molar-refractivity contribution in [3.8, 4) is 22.3 Å². The minimum atomic E-state index is -0.977. The van der Waals surface area contributed by atoms with Crippen LogP contribution >= 0.6 is 0 Å². The molecular weight excluding hydrogens is 365 g/mol. The summed E-state index contributed by atoms with van der Waals surface area (Å²) in [6, 6.07) is 23.6. The van der Waals surface area contributed by atoms with Crippen molar-refractivity contribution in [3.05, 3.63) is 83.9 Å². The highest BCUT2D eigenvalue weighted by molar-refractivity contribution is 6.16. The van der Waals surface area contributed by atoms with Gasteiger partial charge in [0.1, 0.15) is 7.85 Å². The van der Waals surface area contributed by atoms with Gasteiger partial charge in [0.25, 0.3) is 0 Å². The lowest BCUT2D eigenvalue weighted by molar-refractivity contribution is 0.00383. The van der Waals surface area contributed by atoms with Gasteiger partial charge in [0, 0.05) is 29.5 Å². The number of nitrogens with zero attached hydrogens (tertiary/aromatic N) is 1. The summed E-state index contributed by atoms with van der Waals surface area (Å²) in [5.41, 5.74) is 8.26. The van der Waals surface area contributed by atoms with Crippen molar-refractivity contribution in [2.45, 2.75) is 39.3 Å². The summed E-state index contributed by atoms with van der Waals surface area (Å²) in [5, 5.41) is 0. The lowest BCUT2D eigenvalue weighted by atomic mass is 9.73. The van der Waals surface area contributed by atoms with Crippen molar-refractivity contribution in [1.29, 1.82) is 0 Å². The Labute approximate surface area is 181 Å². The average molecular weight is 393 g/mol. The van der Waals surface area contributed by atoms with Crippen molar-refractivity contribution in [2.24, 2.45) is 0 Å². The summed E-state index contributed by atoms with van der Waals surface area (Å²) in [6.45, 7) is 8.14. The second-order valence-corrected chi connectivity index (χ2v) is 8.54. The van der Waals surface area contributed by atoms with Crippen molar-refractivity contribution in [3.63, 3.8) is 0 Å². The molecule has 1 atom stereocenters. The Balaban J connectivity index is 1.98. The lowest BCUT2D eigenvalue weighted by Crippen LogP contribution is -2.31. The number of fused-ring (bicyclic) bond motifs is 5. The van der Waals surface area contributed by atoms with Gasteiger partial charge in [-0.05, 0) is 62.6 Å². The van der Waals surface area contributed by atoms with Crippen LogP contribution in [0.2, 0.25) is 0 Å². The highest BCUT2D eigenvalue weighted by Crippen LogP contribution is 2.47. The highest BCUT2D eigenvalue weighted by atomic mass is 16.5. The molecule has 0 amide bonds. The summed E-state index contributed by atoms with van der Waals surface area (Å²) in [6.07, 6.45) is 2.01. The van der Waals surface area contributed by atoms with Crippen molar-refractivity contribution < 1.29 is 4.74 Å². The van der Waals surface area contributed by atoms with Crippen LogP contribution in [0.3, 0.4) is 0 Å². The van der Waals surface area contributed by atoms with E-state index in [0.717, 1.165) is 22.4 Å². The fourth-order valence-corrected chi connectivity index (χ4v) is 4.37. The Morgan fingerprint density at radius 1 is 0.867 bits per heavy atom. The average Bonchev–Trinajstić information content (AvgIpc) is 2.81. The Hall–Kier alpha value is -2.78. The first-order chi connectivity index (χ1) is 14.3. The number of anilines is 2. The molecule has 0 bridgehead atoms. The van der Waals surface area contributed by atoms with Crippen molar-refractivity contribution in [1.82, 2.24) is 0 Å². The zero-order valence-electron chi connectivity index (χ0n) is 18.4. The summed E-state index contributed by atoms with van der Waals surface area (Å²) in [5.74, 6) is 0. The van der Waals surface area contributed by atoms with Crippen LogP contribution in [0.25, 0.3) is 22.3 Å². The van der Waals surface area contributed by atoms with Crippen LogP contribution in [0, 0.1) is 0 Å². The zero-order chi connectivity index (χ0) is 21.5. The van der Waals surface area contributed by atoms with Crippen molar-refractivity contribution in [2.75, 3.05) is 11.9 Å². The molecule has 3 aromatic rings. The summed E-state index contributed by atoms with van der Waals surface area (Å²) in [7, 11) is 8.94. The maximum absolute atomic E-state index is 6.82. The monoisotopic (exact) mass is 393 g/mol. The molecule has 3 heteroatoms. The first kappa shape index (κ1) is 20.5. The van der Waals surface area contributed by atoms with Crippen LogP contribution in [0.4, 0.5) is 11.4 Å². The maximum atomic E-state index is 6.82. The normalized spacial score (nSPS) is 14.3. The zero-order valence-corrected chi connectivity index (χ0v) is 18.4. The maximum Gasteiger partial charge on any atom is 0.126 e. The van der Waals surface area contributed by atoms with Gasteiger partial charge in [-0.2, -0.15) is 0 Å². The number of rotatable bonds is 4. The molecule has 2 radical (unpaired) electrons. The second kappa shape index (κ2) is 7.81. The van der Waals surface area contributed by atoms with E-state index in [4.69, 9.17) is 12.6 Å². The van der Waals surface area contributed by atoms with Crippen LogP contribution in [0.1, 0.15) is 33.3 Å². The minimum absolute atomic E-state index is 0.00336. The number of allylic oxidation sites excluding steroid dienone is 1. The van der Waals surface area contributed by atoms with Crippen molar-refractivity contribution >= 4 is 19.2 Å². The Bertz CT molecular complexity index is 1110. The third-order valence-electron chi connectivity index (χ3n) is 5.52. The van der Waals surface area contributed by atoms with Gasteiger partial charge in [0.05, 0.1) is 11.6 Å². The lowest BCUT2D eigenvalue weighted by Gasteiger charge is -2.32. The van der Waals surface area contributed by atoms with Crippen LogP contribution in [-0.2, 0) is 10.2 Å². The van der Waals surface area contributed by atoms with Gasteiger partial charge in [-0.15, -0.1) is 0 Å².